The Kier molecular flexibility index (Phi) is 3.37. The topological polar surface area (TPSA) is 12.5 Å². The maximum Gasteiger partial charge on any atom is 0.119 e. The SMILES string of the molecule is CCCN1CC(CC)c2cc(OC)ccc21. The van der Waals surface area contributed by atoms with Crippen molar-refractivity contribution in [2.24, 2.45) is 0 Å². The summed E-state index contributed by atoms with van der Waals surface area (Å²) in [5.41, 5.74) is 2.88. The molecule has 0 saturated heterocycles. The Labute approximate surface area is 98.2 Å². The molecular formula is C14H21NO. The predicted molar refractivity (Wildman–Crippen MR) is 68.5 cm³/mol. The summed E-state index contributed by atoms with van der Waals surface area (Å²) in [5.74, 6) is 1.66. The lowest BCUT2D eigenvalue weighted by atomic mass is 9.99. The van der Waals surface area contributed by atoms with Crippen molar-refractivity contribution >= 4 is 5.69 Å². The van der Waals surface area contributed by atoms with Gasteiger partial charge in [0.15, 0.2) is 0 Å². The van der Waals surface area contributed by atoms with E-state index in [0.717, 1.165) is 12.3 Å². The van der Waals surface area contributed by atoms with Crippen LogP contribution in [0.5, 0.6) is 5.75 Å². The molecule has 0 aromatic heterocycles. The summed E-state index contributed by atoms with van der Waals surface area (Å²) in [6.45, 7) is 6.84. The molecule has 2 heteroatoms. The highest BCUT2D eigenvalue weighted by Gasteiger charge is 2.26. The van der Waals surface area contributed by atoms with Gasteiger partial charge < -0.3 is 9.64 Å². The molecule has 0 aliphatic carbocycles. The van der Waals surface area contributed by atoms with Gasteiger partial charge >= 0.3 is 0 Å². The van der Waals surface area contributed by atoms with Crippen LogP contribution in [0.15, 0.2) is 18.2 Å². The van der Waals surface area contributed by atoms with Crippen LogP contribution in [-0.2, 0) is 0 Å². The molecule has 2 nitrogen and oxygen atoms in total. The third kappa shape index (κ3) is 1.89. The second kappa shape index (κ2) is 4.77. The zero-order valence-corrected chi connectivity index (χ0v) is 10.5. The van der Waals surface area contributed by atoms with Crippen molar-refractivity contribution in [3.05, 3.63) is 23.8 Å². The molecule has 0 spiro atoms. The molecule has 1 aliphatic rings. The standard InChI is InChI=1S/C14H21NO/c1-4-8-15-10-11(5-2)13-9-12(16-3)6-7-14(13)15/h6-7,9,11H,4-5,8,10H2,1-3H3. The van der Waals surface area contributed by atoms with Gasteiger partial charge in [-0.2, -0.15) is 0 Å². The fourth-order valence-corrected chi connectivity index (χ4v) is 2.57. The smallest absolute Gasteiger partial charge is 0.119 e. The maximum absolute atomic E-state index is 5.31. The van der Waals surface area contributed by atoms with Gasteiger partial charge in [0.1, 0.15) is 5.75 Å². The van der Waals surface area contributed by atoms with Crippen molar-refractivity contribution in [3.63, 3.8) is 0 Å². The molecule has 88 valence electrons. The summed E-state index contributed by atoms with van der Waals surface area (Å²) in [7, 11) is 1.74. The summed E-state index contributed by atoms with van der Waals surface area (Å²) in [6, 6.07) is 6.48. The fourth-order valence-electron chi connectivity index (χ4n) is 2.57. The minimum atomic E-state index is 0.677. The molecule has 16 heavy (non-hydrogen) atoms. The van der Waals surface area contributed by atoms with Crippen LogP contribution >= 0.6 is 0 Å². The first kappa shape index (κ1) is 11.3. The van der Waals surface area contributed by atoms with E-state index in [4.69, 9.17) is 4.74 Å². The molecule has 1 atom stereocenters. The number of nitrogens with zero attached hydrogens (tertiary/aromatic N) is 1. The molecule has 0 amide bonds. The highest BCUT2D eigenvalue weighted by molar-refractivity contribution is 5.62. The van der Waals surface area contributed by atoms with E-state index in [1.54, 1.807) is 7.11 Å². The van der Waals surface area contributed by atoms with Crippen LogP contribution in [0, 0.1) is 0 Å². The highest BCUT2D eigenvalue weighted by Crippen LogP contribution is 2.39. The normalized spacial score (nSPS) is 18.7. The van der Waals surface area contributed by atoms with Crippen LogP contribution in [0.25, 0.3) is 0 Å². The Hall–Kier alpha value is -1.18. The molecule has 0 N–H and O–H groups in total. The average Bonchev–Trinajstić information content (AvgIpc) is 2.67. The molecule has 1 unspecified atom stereocenters. The summed E-state index contributed by atoms with van der Waals surface area (Å²) in [4.78, 5) is 2.50. The molecule has 0 bridgehead atoms. The van der Waals surface area contributed by atoms with Crippen molar-refractivity contribution < 1.29 is 4.74 Å². The summed E-state index contributed by atoms with van der Waals surface area (Å²) < 4.78 is 5.31. The van der Waals surface area contributed by atoms with Crippen molar-refractivity contribution in [3.8, 4) is 5.75 Å². The largest absolute Gasteiger partial charge is 0.497 e. The molecule has 0 saturated carbocycles. The zero-order chi connectivity index (χ0) is 11.5. The monoisotopic (exact) mass is 219 g/mol. The van der Waals surface area contributed by atoms with E-state index in [1.807, 2.05) is 0 Å². The van der Waals surface area contributed by atoms with Gasteiger partial charge in [-0.25, -0.2) is 0 Å². The molecule has 1 aromatic carbocycles. The van der Waals surface area contributed by atoms with Crippen molar-refractivity contribution in [2.75, 3.05) is 25.1 Å². The number of rotatable bonds is 4. The lowest BCUT2D eigenvalue weighted by Gasteiger charge is -2.18. The van der Waals surface area contributed by atoms with Crippen LogP contribution in [0.3, 0.4) is 0 Å². The lowest BCUT2D eigenvalue weighted by Crippen LogP contribution is -2.22. The number of methoxy groups -OCH3 is 1. The fraction of sp³-hybridized carbons (Fsp3) is 0.571. The molecule has 1 aliphatic heterocycles. The Bertz CT molecular complexity index is 362. The first-order valence-electron chi connectivity index (χ1n) is 6.23. The molecule has 2 rings (SSSR count). The van der Waals surface area contributed by atoms with Crippen molar-refractivity contribution in [2.45, 2.75) is 32.6 Å². The van der Waals surface area contributed by atoms with Gasteiger partial charge in [0.05, 0.1) is 7.11 Å². The van der Waals surface area contributed by atoms with E-state index in [9.17, 15) is 0 Å². The quantitative estimate of drug-likeness (QED) is 0.769. The van der Waals surface area contributed by atoms with Gasteiger partial charge in [0.25, 0.3) is 0 Å². The Morgan fingerprint density at radius 3 is 2.81 bits per heavy atom. The van der Waals surface area contributed by atoms with Crippen molar-refractivity contribution in [1.82, 2.24) is 0 Å². The van der Waals surface area contributed by atoms with Crippen LogP contribution in [0.1, 0.15) is 38.2 Å². The number of anilines is 1. The first-order valence-corrected chi connectivity index (χ1v) is 6.23. The highest BCUT2D eigenvalue weighted by atomic mass is 16.5. The number of hydrogen-bond acceptors (Lipinski definition) is 2. The number of benzene rings is 1. The molecule has 1 aromatic rings. The van der Waals surface area contributed by atoms with E-state index in [-0.39, 0.29) is 0 Å². The Balaban J connectivity index is 2.33. The second-order valence-corrected chi connectivity index (χ2v) is 4.48. The van der Waals surface area contributed by atoms with Gasteiger partial charge in [0.2, 0.25) is 0 Å². The third-order valence-corrected chi connectivity index (χ3v) is 3.44. The van der Waals surface area contributed by atoms with Crippen molar-refractivity contribution in [1.29, 1.82) is 0 Å². The second-order valence-electron chi connectivity index (χ2n) is 4.48. The maximum atomic E-state index is 5.31. The third-order valence-electron chi connectivity index (χ3n) is 3.44. The number of hydrogen-bond donors (Lipinski definition) is 0. The Morgan fingerprint density at radius 1 is 1.38 bits per heavy atom. The van der Waals surface area contributed by atoms with Gasteiger partial charge in [0, 0.05) is 24.7 Å². The summed E-state index contributed by atoms with van der Waals surface area (Å²) >= 11 is 0. The van der Waals surface area contributed by atoms with E-state index >= 15 is 0 Å². The van der Waals surface area contributed by atoms with Gasteiger partial charge in [-0.15, -0.1) is 0 Å². The number of fused-ring (bicyclic) bond motifs is 1. The van der Waals surface area contributed by atoms with Crippen LogP contribution in [-0.4, -0.2) is 20.2 Å². The molecule has 0 radical (unpaired) electrons. The van der Waals surface area contributed by atoms with Gasteiger partial charge in [-0.1, -0.05) is 13.8 Å². The average molecular weight is 219 g/mol. The van der Waals surface area contributed by atoms with E-state index in [1.165, 1.54) is 30.6 Å². The van der Waals surface area contributed by atoms with Gasteiger partial charge in [-0.3, -0.25) is 0 Å². The van der Waals surface area contributed by atoms with E-state index in [2.05, 4.69) is 36.9 Å². The molecular weight excluding hydrogens is 198 g/mol. The van der Waals surface area contributed by atoms with E-state index < -0.39 is 0 Å². The Morgan fingerprint density at radius 2 is 2.19 bits per heavy atom. The number of ether oxygens (including phenoxy) is 1. The predicted octanol–water partition coefficient (Wildman–Crippen LogP) is 3.42. The van der Waals surface area contributed by atoms with E-state index in [0.29, 0.717) is 5.92 Å². The first-order chi connectivity index (χ1) is 7.80. The zero-order valence-electron chi connectivity index (χ0n) is 10.5. The van der Waals surface area contributed by atoms with Crippen LogP contribution in [0.2, 0.25) is 0 Å². The molecule has 1 heterocycles. The minimum Gasteiger partial charge on any atom is -0.497 e. The van der Waals surface area contributed by atoms with Gasteiger partial charge in [-0.05, 0) is 36.6 Å². The van der Waals surface area contributed by atoms with Crippen LogP contribution < -0.4 is 9.64 Å². The lowest BCUT2D eigenvalue weighted by molar-refractivity contribution is 0.414. The molecule has 0 fully saturated rings. The minimum absolute atomic E-state index is 0.677. The van der Waals surface area contributed by atoms with Crippen LogP contribution in [0.4, 0.5) is 5.69 Å². The summed E-state index contributed by atoms with van der Waals surface area (Å²) in [6.07, 6.45) is 2.42. The summed E-state index contributed by atoms with van der Waals surface area (Å²) in [5, 5.41) is 0.